The summed E-state index contributed by atoms with van der Waals surface area (Å²) in [6.45, 7) is 14.3. The van der Waals surface area contributed by atoms with Crippen molar-refractivity contribution in [3.63, 3.8) is 0 Å². The molecule has 4 heterocycles. The van der Waals surface area contributed by atoms with Crippen LogP contribution in [-0.4, -0.2) is 49.2 Å². The second kappa shape index (κ2) is 12.7. The second-order valence-electron chi connectivity index (χ2n) is 18.6. The number of ether oxygens (including phenoxy) is 1. The highest BCUT2D eigenvalue weighted by molar-refractivity contribution is 6.09. The third-order valence-corrected chi connectivity index (χ3v) is 14.4. The Kier molecular flexibility index (Phi) is 8.09. The Morgan fingerprint density at radius 2 is 1.16 bits per heavy atom. The third kappa shape index (κ3) is 5.34. The van der Waals surface area contributed by atoms with Crippen LogP contribution in [0, 0.1) is 0 Å². The highest BCUT2D eigenvalue weighted by Crippen LogP contribution is 2.64. The molecule has 0 N–H and O–H groups in total. The van der Waals surface area contributed by atoms with E-state index in [1.54, 1.807) is 0 Å². The smallest absolute Gasteiger partial charge is 0.178 e. The number of piperidine rings is 3. The summed E-state index contributed by atoms with van der Waals surface area (Å²) in [7, 11) is 2.33. The van der Waals surface area contributed by atoms with Gasteiger partial charge in [0.25, 0.3) is 0 Å². The first-order valence-electron chi connectivity index (χ1n) is 21.1. The van der Waals surface area contributed by atoms with E-state index >= 15 is 0 Å². The Hall–Kier alpha value is -4.54. The maximum Gasteiger partial charge on any atom is 0.178 e. The van der Waals surface area contributed by atoms with E-state index in [2.05, 4.69) is 159 Å². The van der Waals surface area contributed by atoms with Gasteiger partial charge in [0.2, 0.25) is 0 Å². The summed E-state index contributed by atoms with van der Waals surface area (Å²) in [6.07, 6.45) is 14.6. The van der Waals surface area contributed by atoms with Crippen molar-refractivity contribution in [2.24, 2.45) is 0 Å². The molecule has 5 aromatic rings. The molecule has 10 rings (SSSR count). The van der Waals surface area contributed by atoms with Crippen molar-refractivity contribution in [3.8, 4) is 16.9 Å². The molecule has 1 spiro atoms. The molecular formula is C51H57N3O. The molecule has 5 aliphatic rings. The molecule has 4 heteroatoms. The van der Waals surface area contributed by atoms with Gasteiger partial charge in [-0.05, 0) is 144 Å². The zero-order chi connectivity index (χ0) is 37.6. The zero-order valence-corrected chi connectivity index (χ0v) is 33.6. The summed E-state index contributed by atoms with van der Waals surface area (Å²) in [5, 5.41) is 2.54. The van der Waals surface area contributed by atoms with Crippen LogP contribution in [-0.2, 0) is 11.0 Å². The van der Waals surface area contributed by atoms with E-state index in [-0.39, 0.29) is 16.5 Å². The molecule has 5 aromatic carbocycles. The van der Waals surface area contributed by atoms with Crippen molar-refractivity contribution in [1.82, 2.24) is 4.90 Å². The number of fused-ring (bicyclic) bond motifs is 10. The fourth-order valence-corrected chi connectivity index (χ4v) is 11.7. The van der Waals surface area contributed by atoms with Gasteiger partial charge in [0, 0.05) is 76.1 Å². The largest absolute Gasteiger partial charge is 0.472 e. The average Bonchev–Trinajstić information content (AvgIpc) is 3.49. The highest BCUT2D eigenvalue weighted by Gasteiger charge is 2.57. The molecule has 3 fully saturated rings. The first kappa shape index (κ1) is 34.9. The maximum atomic E-state index is 7.89. The molecule has 1 aliphatic carbocycles. The van der Waals surface area contributed by atoms with Crippen molar-refractivity contribution >= 4 is 28.2 Å². The lowest BCUT2D eigenvalue weighted by Gasteiger charge is -2.58. The predicted octanol–water partition coefficient (Wildman–Crippen LogP) is 11.7. The molecule has 1 atom stereocenters. The first-order chi connectivity index (χ1) is 26.6. The molecular weight excluding hydrogens is 671 g/mol. The van der Waals surface area contributed by atoms with Gasteiger partial charge in [-0.15, -0.1) is 0 Å². The van der Waals surface area contributed by atoms with Gasteiger partial charge in [-0.2, -0.15) is 0 Å². The van der Waals surface area contributed by atoms with Crippen molar-refractivity contribution < 1.29 is 4.74 Å². The van der Waals surface area contributed by atoms with Gasteiger partial charge >= 0.3 is 0 Å². The summed E-state index contributed by atoms with van der Waals surface area (Å²) in [5.41, 5.74) is 11.0. The SMILES string of the molecule is CN1C(C)(C)CC2(CC1(C)C)c1ccccc1-c1c2c2c(c3cc(N4CCCCC4)ccc13)OC(c1ccccc1)(c1ccc(N3CCCCC3)cc1)C=C2. The van der Waals surface area contributed by atoms with Crippen LogP contribution in [0.5, 0.6) is 5.75 Å². The van der Waals surface area contributed by atoms with E-state index in [0.29, 0.717) is 0 Å². The molecule has 4 aliphatic heterocycles. The lowest BCUT2D eigenvalue weighted by atomic mass is 9.59. The molecule has 0 amide bonds. The van der Waals surface area contributed by atoms with Gasteiger partial charge in [-0.1, -0.05) is 78.9 Å². The van der Waals surface area contributed by atoms with Crippen LogP contribution >= 0.6 is 0 Å². The van der Waals surface area contributed by atoms with Crippen LogP contribution in [0.1, 0.15) is 107 Å². The van der Waals surface area contributed by atoms with Crippen molar-refractivity contribution in [1.29, 1.82) is 0 Å². The van der Waals surface area contributed by atoms with Gasteiger partial charge < -0.3 is 14.5 Å². The number of nitrogens with zero attached hydrogens (tertiary/aromatic N) is 3. The van der Waals surface area contributed by atoms with Crippen LogP contribution in [0.4, 0.5) is 11.4 Å². The Labute approximate surface area is 328 Å². The standard InChI is InChI=1S/C51H57N3O/c1-48(2)34-50(35-49(3,4)52(48)5)44-20-12-11-19-41(44)45-40-26-25-39(54-31-15-8-16-32-54)33-43(40)47-42(46(45)50)27-28-51(55-47,36-17-9-6-10-18-36)37-21-23-38(24-22-37)53-29-13-7-14-30-53/h6,9-12,17-28,33H,7-8,13-16,29-32,34-35H2,1-5H3. The monoisotopic (exact) mass is 727 g/mol. The second-order valence-corrected chi connectivity index (χ2v) is 18.6. The quantitative estimate of drug-likeness (QED) is 0.183. The van der Waals surface area contributed by atoms with Gasteiger partial charge in [-0.25, -0.2) is 0 Å². The molecule has 282 valence electrons. The fraction of sp³-hybridized carbons (Fsp3) is 0.412. The minimum atomic E-state index is -0.777. The van der Waals surface area contributed by atoms with E-state index < -0.39 is 5.60 Å². The maximum absolute atomic E-state index is 7.89. The molecule has 0 radical (unpaired) electrons. The van der Waals surface area contributed by atoms with Crippen molar-refractivity contribution in [2.45, 2.75) is 101 Å². The molecule has 0 aromatic heterocycles. The van der Waals surface area contributed by atoms with Crippen LogP contribution in [0.25, 0.3) is 28.0 Å². The number of hydrogen-bond acceptors (Lipinski definition) is 4. The third-order valence-electron chi connectivity index (χ3n) is 14.4. The summed E-state index contributed by atoms with van der Waals surface area (Å²) >= 11 is 0. The van der Waals surface area contributed by atoms with Crippen LogP contribution < -0.4 is 14.5 Å². The lowest BCUT2D eigenvalue weighted by Crippen LogP contribution is -2.62. The molecule has 4 nitrogen and oxygen atoms in total. The molecule has 3 saturated heterocycles. The minimum Gasteiger partial charge on any atom is -0.472 e. The van der Waals surface area contributed by atoms with Gasteiger partial charge in [-0.3, -0.25) is 4.90 Å². The van der Waals surface area contributed by atoms with E-state index in [4.69, 9.17) is 4.74 Å². The average molecular weight is 728 g/mol. The lowest BCUT2D eigenvalue weighted by molar-refractivity contribution is -0.0318. The van der Waals surface area contributed by atoms with Crippen LogP contribution in [0.2, 0.25) is 0 Å². The van der Waals surface area contributed by atoms with E-state index in [1.165, 1.54) is 94.1 Å². The number of likely N-dealkylation sites (tertiary alicyclic amines) is 1. The molecule has 0 saturated carbocycles. The molecule has 55 heavy (non-hydrogen) atoms. The highest BCUT2D eigenvalue weighted by atomic mass is 16.5. The van der Waals surface area contributed by atoms with Crippen LogP contribution in [0.3, 0.4) is 0 Å². The summed E-state index contributed by atoms with van der Waals surface area (Å²) < 4.78 is 7.89. The van der Waals surface area contributed by atoms with E-state index in [9.17, 15) is 0 Å². The fourth-order valence-electron chi connectivity index (χ4n) is 11.7. The molecule has 0 bridgehead atoms. The Morgan fingerprint density at radius 1 is 0.582 bits per heavy atom. The van der Waals surface area contributed by atoms with Crippen LogP contribution in [0.15, 0.2) is 103 Å². The van der Waals surface area contributed by atoms with Gasteiger partial charge in [0.15, 0.2) is 5.60 Å². The number of hydrogen-bond donors (Lipinski definition) is 0. The van der Waals surface area contributed by atoms with Gasteiger partial charge in [0.05, 0.1) is 0 Å². The minimum absolute atomic E-state index is 0.0143. The van der Waals surface area contributed by atoms with Crippen molar-refractivity contribution in [3.05, 3.63) is 131 Å². The van der Waals surface area contributed by atoms with Crippen molar-refractivity contribution in [2.75, 3.05) is 43.0 Å². The summed E-state index contributed by atoms with van der Waals surface area (Å²) in [6, 6.07) is 37.0. The number of benzene rings is 5. The van der Waals surface area contributed by atoms with E-state index in [0.717, 1.165) is 50.3 Å². The summed E-state index contributed by atoms with van der Waals surface area (Å²) in [4.78, 5) is 7.78. The number of rotatable bonds is 4. The predicted molar refractivity (Wildman–Crippen MR) is 231 cm³/mol. The summed E-state index contributed by atoms with van der Waals surface area (Å²) in [5.74, 6) is 1.03. The van der Waals surface area contributed by atoms with Gasteiger partial charge in [0.1, 0.15) is 5.75 Å². The Morgan fingerprint density at radius 3 is 1.84 bits per heavy atom. The zero-order valence-electron chi connectivity index (χ0n) is 33.6. The molecule has 1 unspecified atom stereocenters. The van der Waals surface area contributed by atoms with E-state index in [1.807, 2.05) is 0 Å². The first-order valence-corrected chi connectivity index (χ1v) is 21.1. The topological polar surface area (TPSA) is 19.0 Å². The number of anilines is 2. The normalized spacial score (nSPS) is 23.7. The Bertz CT molecular complexity index is 2270. The Balaban J connectivity index is 1.24.